The number of benzene rings is 2. The number of likely N-dealkylation sites (tertiary alicyclic amines) is 1. The maximum absolute atomic E-state index is 14.1. The molecule has 1 saturated heterocycles. The molecule has 1 heterocycles. The molecule has 0 bridgehead atoms. The third-order valence-electron chi connectivity index (χ3n) is 5.17. The van der Waals surface area contributed by atoms with E-state index >= 15 is 0 Å². The Bertz CT molecular complexity index is 912. The number of sulfonamides is 1. The monoisotopic (exact) mass is 406 g/mol. The first-order valence-electron chi connectivity index (χ1n) is 9.55. The summed E-state index contributed by atoms with van der Waals surface area (Å²) < 4.78 is 47.8. The molecule has 2 aromatic carbocycles. The Morgan fingerprint density at radius 1 is 1.14 bits per heavy atom. The highest BCUT2D eigenvalue weighted by Crippen LogP contribution is 2.31. The number of aryl methyl sites for hydroxylation is 1. The number of para-hydroxylation sites is 1. The first-order valence-corrected chi connectivity index (χ1v) is 11.0. The quantitative estimate of drug-likeness (QED) is 0.763. The Labute approximate surface area is 166 Å². The fraction of sp³-hybridized carbons (Fsp3) is 0.429. The van der Waals surface area contributed by atoms with Gasteiger partial charge in [-0.25, -0.2) is 17.5 Å². The smallest absolute Gasteiger partial charge is 0.243 e. The zero-order chi connectivity index (χ0) is 20.1. The van der Waals surface area contributed by atoms with Gasteiger partial charge in [-0.15, -0.1) is 0 Å². The Morgan fingerprint density at radius 3 is 2.57 bits per heavy atom. The molecule has 0 saturated carbocycles. The molecule has 0 amide bonds. The van der Waals surface area contributed by atoms with E-state index < -0.39 is 15.8 Å². The van der Waals surface area contributed by atoms with E-state index in [1.54, 1.807) is 20.1 Å². The second kappa shape index (κ2) is 9.03. The Balaban J connectivity index is 1.88. The van der Waals surface area contributed by atoms with Crippen molar-refractivity contribution >= 4 is 10.0 Å². The summed E-state index contributed by atoms with van der Waals surface area (Å²) in [4.78, 5) is 1.96. The Morgan fingerprint density at radius 2 is 1.86 bits per heavy atom. The van der Waals surface area contributed by atoms with Gasteiger partial charge in [0.1, 0.15) is 16.5 Å². The number of nitrogens with zero attached hydrogens (tertiary/aromatic N) is 1. The summed E-state index contributed by atoms with van der Waals surface area (Å²) in [6.07, 6.45) is 3.32. The van der Waals surface area contributed by atoms with Gasteiger partial charge in [0, 0.05) is 12.1 Å². The highest BCUT2D eigenvalue weighted by molar-refractivity contribution is 7.89. The SMILES string of the molecule is COc1ccccc1C(CNS(=O)(=O)c1cc(C)ccc1F)N1CCCCC1. The van der Waals surface area contributed by atoms with Gasteiger partial charge in [-0.05, 0) is 56.6 Å². The predicted molar refractivity (Wildman–Crippen MR) is 107 cm³/mol. The third-order valence-corrected chi connectivity index (χ3v) is 6.61. The van der Waals surface area contributed by atoms with Crippen molar-refractivity contribution in [2.75, 3.05) is 26.7 Å². The van der Waals surface area contributed by atoms with Crippen LogP contribution in [0.3, 0.4) is 0 Å². The number of hydrogen-bond donors (Lipinski definition) is 1. The van der Waals surface area contributed by atoms with Crippen molar-refractivity contribution in [2.24, 2.45) is 0 Å². The molecule has 1 atom stereocenters. The van der Waals surface area contributed by atoms with Gasteiger partial charge in [0.05, 0.1) is 13.2 Å². The van der Waals surface area contributed by atoms with Crippen LogP contribution in [0.5, 0.6) is 5.75 Å². The fourth-order valence-corrected chi connectivity index (χ4v) is 4.89. The van der Waals surface area contributed by atoms with E-state index in [0.717, 1.165) is 37.2 Å². The number of methoxy groups -OCH3 is 1. The molecule has 28 heavy (non-hydrogen) atoms. The van der Waals surface area contributed by atoms with Gasteiger partial charge in [-0.2, -0.15) is 0 Å². The van der Waals surface area contributed by atoms with Crippen LogP contribution in [0.4, 0.5) is 4.39 Å². The molecule has 1 N–H and O–H groups in total. The van der Waals surface area contributed by atoms with Crippen LogP contribution in [0.15, 0.2) is 47.4 Å². The summed E-state index contributed by atoms with van der Waals surface area (Å²) in [5.74, 6) is -0.0241. The molecule has 2 aromatic rings. The highest BCUT2D eigenvalue weighted by Gasteiger charge is 2.27. The van der Waals surface area contributed by atoms with Gasteiger partial charge in [-0.1, -0.05) is 30.7 Å². The van der Waals surface area contributed by atoms with Crippen molar-refractivity contribution < 1.29 is 17.5 Å². The summed E-state index contributed by atoms with van der Waals surface area (Å²) in [5, 5.41) is 0. The van der Waals surface area contributed by atoms with Crippen LogP contribution < -0.4 is 9.46 Å². The van der Waals surface area contributed by atoms with Crippen LogP contribution in [0.25, 0.3) is 0 Å². The molecule has 0 aliphatic carbocycles. The first-order chi connectivity index (χ1) is 13.4. The topological polar surface area (TPSA) is 58.6 Å². The lowest BCUT2D eigenvalue weighted by Gasteiger charge is -2.35. The van der Waals surface area contributed by atoms with Crippen LogP contribution in [-0.2, 0) is 10.0 Å². The summed E-state index contributed by atoms with van der Waals surface area (Å²) >= 11 is 0. The number of nitrogens with one attached hydrogen (secondary N) is 1. The summed E-state index contributed by atoms with van der Waals surface area (Å²) in [6.45, 7) is 3.67. The van der Waals surface area contributed by atoms with E-state index in [-0.39, 0.29) is 17.5 Å². The zero-order valence-corrected chi connectivity index (χ0v) is 17.1. The van der Waals surface area contributed by atoms with Crippen LogP contribution in [0.2, 0.25) is 0 Å². The lowest BCUT2D eigenvalue weighted by Crippen LogP contribution is -2.41. The van der Waals surface area contributed by atoms with E-state index in [0.29, 0.717) is 5.56 Å². The number of piperidine rings is 1. The van der Waals surface area contributed by atoms with Crippen molar-refractivity contribution in [3.63, 3.8) is 0 Å². The van der Waals surface area contributed by atoms with Crippen LogP contribution in [0.1, 0.15) is 36.4 Å². The second-order valence-electron chi connectivity index (χ2n) is 7.14. The molecular weight excluding hydrogens is 379 g/mol. The molecule has 1 aliphatic rings. The minimum atomic E-state index is -3.97. The van der Waals surface area contributed by atoms with E-state index in [9.17, 15) is 12.8 Å². The van der Waals surface area contributed by atoms with E-state index in [4.69, 9.17) is 4.74 Å². The fourth-order valence-electron chi connectivity index (χ4n) is 3.69. The predicted octanol–water partition coefficient (Wildman–Crippen LogP) is 3.65. The first kappa shape index (κ1) is 20.8. The van der Waals surface area contributed by atoms with Crippen molar-refractivity contribution in [3.05, 3.63) is 59.4 Å². The van der Waals surface area contributed by atoms with Crippen molar-refractivity contribution in [1.82, 2.24) is 9.62 Å². The number of halogens is 1. The number of rotatable bonds is 7. The van der Waals surface area contributed by atoms with Crippen molar-refractivity contribution in [2.45, 2.75) is 37.1 Å². The highest BCUT2D eigenvalue weighted by atomic mass is 32.2. The third kappa shape index (κ3) is 4.71. The van der Waals surface area contributed by atoms with Crippen LogP contribution >= 0.6 is 0 Å². The standard InChI is InChI=1S/C21H27FN2O3S/c1-16-10-11-18(22)21(14-16)28(25,26)23-15-19(24-12-6-3-7-13-24)17-8-4-5-9-20(17)27-2/h4-5,8-11,14,19,23H,3,6-7,12-13,15H2,1-2H3. The molecule has 152 valence electrons. The van der Waals surface area contributed by atoms with Gasteiger partial charge in [-0.3, -0.25) is 4.90 Å². The number of hydrogen-bond acceptors (Lipinski definition) is 4. The molecule has 1 unspecified atom stereocenters. The molecule has 0 radical (unpaired) electrons. The molecular formula is C21H27FN2O3S. The minimum absolute atomic E-state index is 0.149. The Hall–Kier alpha value is -1.96. The van der Waals surface area contributed by atoms with Gasteiger partial charge in [0.25, 0.3) is 0 Å². The summed E-state index contributed by atoms with van der Waals surface area (Å²) in [6, 6.07) is 11.6. The van der Waals surface area contributed by atoms with E-state index in [1.807, 2.05) is 24.3 Å². The average molecular weight is 407 g/mol. The van der Waals surface area contributed by atoms with Crippen LogP contribution in [0, 0.1) is 12.7 Å². The molecule has 1 aliphatic heterocycles. The van der Waals surface area contributed by atoms with E-state index in [1.165, 1.54) is 18.6 Å². The number of ether oxygens (including phenoxy) is 1. The molecule has 5 nitrogen and oxygen atoms in total. The maximum Gasteiger partial charge on any atom is 0.243 e. The summed E-state index contributed by atoms with van der Waals surface area (Å²) in [5.41, 5.74) is 1.62. The van der Waals surface area contributed by atoms with E-state index in [2.05, 4.69) is 9.62 Å². The van der Waals surface area contributed by atoms with Gasteiger partial charge in [0.15, 0.2) is 0 Å². The van der Waals surface area contributed by atoms with Crippen molar-refractivity contribution in [1.29, 1.82) is 0 Å². The maximum atomic E-state index is 14.1. The average Bonchev–Trinajstić information content (AvgIpc) is 2.71. The minimum Gasteiger partial charge on any atom is -0.496 e. The zero-order valence-electron chi connectivity index (χ0n) is 16.3. The summed E-state index contributed by atoms with van der Waals surface area (Å²) in [7, 11) is -2.36. The lowest BCUT2D eigenvalue weighted by atomic mass is 10.0. The van der Waals surface area contributed by atoms with Gasteiger partial charge in [0.2, 0.25) is 10.0 Å². The molecule has 0 spiro atoms. The van der Waals surface area contributed by atoms with Crippen molar-refractivity contribution in [3.8, 4) is 5.75 Å². The van der Waals surface area contributed by atoms with Crippen LogP contribution in [-0.4, -0.2) is 40.1 Å². The Kier molecular flexibility index (Phi) is 6.69. The normalized spacial score (nSPS) is 16.7. The largest absolute Gasteiger partial charge is 0.496 e. The molecule has 7 heteroatoms. The second-order valence-corrected chi connectivity index (χ2v) is 8.88. The van der Waals surface area contributed by atoms with Gasteiger partial charge >= 0.3 is 0 Å². The molecule has 1 fully saturated rings. The molecule has 3 rings (SSSR count). The lowest BCUT2D eigenvalue weighted by molar-refractivity contribution is 0.162. The van der Waals surface area contributed by atoms with Gasteiger partial charge < -0.3 is 4.74 Å². The molecule has 0 aromatic heterocycles.